The van der Waals surface area contributed by atoms with Crippen LogP contribution >= 0.6 is 0 Å². The summed E-state index contributed by atoms with van der Waals surface area (Å²) in [6, 6.07) is 2.32. The number of H-pyrrole nitrogens is 1. The quantitative estimate of drug-likeness (QED) is 0.801. The Kier molecular flexibility index (Phi) is 2.91. The number of aromatic nitrogens is 2. The summed E-state index contributed by atoms with van der Waals surface area (Å²) in [4.78, 5) is 12.1. The number of aromatic amines is 1. The first-order chi connectivity index (χ1) is 8.60. The largest absolute Gasteiger partial charge is 0.418 e. The van der Waals surface area contributed by atoms with Crippen LogP contribution in [0.2, 0.25) is 0 Å². The van der Waals surface area contributed by atoms with Gasteiger partial charge in [-0.1, -0.05) is 20.8 Å². The van der Waals surface area contributed by atoms with E-state index >= 15 is 0 Å². The van der Waals surface area contributed by atoms with Crippen LogP contribution in [-0.2, 0) is 6.18 Å². The number of Topliss-reactive ketones (excluding diaryl/α,β-unsaturated/α-hetero) is 1. The third kappa shape index (κ3) is 2.47. The molecule has 0 atom stereocenters. The summed E-state index contributed by atoms with van der Waals surface area (Å²) in [7, 11) is 0. The van der Waals surface area contributed by atoms with Gasteiger partial charge in [0, 0.05) is 16.4 Å². The van der Waals surface area contributed by atoms with E-state index in [-0.39, 0.29) is 22.2 Å². The molecule has 1 heterocycles. The molecular weight excluding hydrogens is 257 g/mol. The lowest BCUT2D eigenvalue weighted by atomic mass is 9.85. The van der Waals surface area contributed by atoms with E-state index in [2.05, 4.69) is 10.2 Å². The minimum atomic E-state index is -4.53. The standard InChI is InChI=1S/C13H13F3N2O/c1-12(2,3)11(19)7-4-8-6-17-18-10(8)9(5-7)13(14,15)16/h4-6H,1-3H3,(H,17,18). The van der Waals surface area contributed by atoms with Gasteiger partial charge in [-0.15, -0.1) is 0 Å². The summed E-state index contributed by atoms with van der Waals surface area (Å²) in [6.07, 6.45) is -3.25. The first-order valence-corrected chi connectivity index (χ1v) is 5.70. The van der Waals surface area contributed by atoms with Crippen molar-refractivity contribution < 1.29 is 18.0 Å². The van der Waals surface area contributed by atoms with E-state index in [0.29, 0.717) is 0 Å². The second kappa shape index (κ2) is 4.08. The predicted molar refractivity (Wildman–Crippen MR) is 64.9 cm³/mol. The molecule has 0 saturated carbocycles. The Morgan fingerprint density at radius 1 is 1.21 bits per heavy atom. The Labute approximate surface area is 107 Å². The lowest BCUT2D eigenvalue weighted by molar-refractivity contribution is -0.136. The van der Waals surface area contributed by atoms with Gasteiger partial charge in [0.2, 0.25) is 0 Å². The van der Waals surface area contributed by atoms with Crippen LogP contribution in [0.3, 0.4) is 0 Å². The minimum Gasteiger partial charge on any atom is -0.294 e. The molecule has 2 aromatic rings. The Bertz CT molecular complexity index is 635. The maximum Gasteiger partial charge on any atom is 0.418 e. The van der Waals surface area contributed by atoms with Crippen LogP contribution in [0.25, 0.3) is 10.9 Å². The monoisotopic (exact) mass is 270 g/mol. The highest BCUT2D eigenvalue weighted by Gasteiger charge is 2.35. The zero-order chi connectivity index (χ0) is 14.4. The third-order valence-corrected chi connectivity index (χ3v) is 2.80. The Balaban J connectivity index is 2.69. The van der Waals surface area contributed by atoms with E-state index in [9.17, 15) is 18.0 Å². The second-order valence-corrected chi connectivity index (χ2v) is 5.43. The van der Waals surface area contributed by atoms with Gasteiger partial charge in [-0.3, -0.25) is 9.89 Å². The van der Waals surface area contributed by atoms with E-state index in [1.165, 1.54) is 12.3 Å². The summed E-state index contributed by atoms with van der Waals surface area (Å²) >= 11 is 0. The van der Waals surface area contributed by atoms with Crippen molar-refractivity contribution in [2.45, 2.75) is 26.9 Å². The zero-order valence-corrected chi connectivity index (χ0v) is 10.7. The van der Waals surface area contributed by atoms with E-state index in [4.69, 9.17) is 0 Å². The van der Waals surface area contributed by atoms with Crippen LogP contribution in [0.1, 0.15) is 36.7 Å². The van der Waals surface area contributed by atoms with Gasteiger partial charge in [-0.25, -0.2) is 0 Å². The smallest absolute Gasteiger partial charge is 0.294 e. The summed E-state index contributed by atoms with van der Waals surface area (Å²) in [5, 5.41) is 6.20. The molecule has 0 fully saturated rings. The van der Waals surface area contributed by atoms with Crippen molar-refractivity contribution in [3.63, 3.8) is 0 Å². The van der Waals surface area contributed by atoms with Crippen molar-refractivity contribution in [3.8, 4) is 0 Å². The number of halogens is 3. The maximum atomic E-state index is 13.0. The van der Waals surface area contributed by atoms with Crippen LogP contribution in [0.15, 0.2) is 18.3 Å². The molecule has 0 radical (unpaired) electrons. The fourth-order valence-electron chi connectivity index (χ4n) is 1.85. The lowest BCUT2D eigenvalue weighted by Crippen LogP contribution is -2.21. The van der Waals surface area contributed by atoms with Gasteiger partial charge in [0.05, 0.1) is 17.3 Å². The molecule has 1 N–H and O–H groups in total. The minimum absolute atomic E-state index is 0.0497. The van der Waals surface area contributed by atoms with Crippen LogP contribution in [0.5, 0.6) is 0 Å². The van der Waals surface area contributed by atoms with Gasteiger partial charge < -0.3 is 0 Å². The molecule has 102 valence electrons. The maximum absolute atomic E-state index is 13.0. The molecule has 1 aromatic heterocycles. The summed E-state index contributed by atoms with van der Waals surface area (Å²) in [5.74, 6) is -0.332. The molecule has 0 aliphatic rings. The van der Waals surface area contributed by atoms with Crippen molar-refractivity contribution in [1.29, 1.82) is 0 Å². The summed E-state index contributed by atoms with van der Waals surface area (Å²) < 4.78 is 38.9. The van der Waals surface area contributed by atoms with Crippen molar-refractivity contribution in [2.24, 2.45) is 5.41 Å². The number of nitrogens with zero attached hydrogens (tertiary/aromatic N) is 1. The molecular formula is C13H13F3N2O. The Morgan fingerprint density at radius 3 is 2.37 bits per heavy atom. The molecule has 0 bridgehead atoms. The van der Waals surface area contributed by atoms with Gasteiger partial charge >= 0.3 is 6.18 Å². The topological polar surface area (TPSA) is 45.8 Å². The van der Waals surface area contributed by atoms with Crippen LogP contribution in [0.4, 0.5) is 13.2 Å². The van der Waals surface area contributed by atoms with E-state index in [1.807, 2.05) is 0 Å². The number of carbonyl (C=O) groups is 1. The number of ketones is 1. The molecule has 0 saturated heterocycles. The second-order valence-electron chi connectivity index (χ2n) is 5.43. The van der Waals surface area contributed by atoms with Gasteiger partial charge in [0.25, 0.3) is 0 Å². The third-order valence-electron chi connectivity index (χ3n) is 2.80. The highest BCUT2D eigenvalue weighted by Crippen LogP contribution is 2.36. The van der Waals surface area contributed by atoms with Crippen molar-refractivity contribution >= 4 is 16.7 Å². The highest BCUT2D eigenvalue weighted by molar-refractivity contribution is 6.03. The molecule has 0 spiro atoms. The number of benzene rings is 1. The normalized spacial score (nSPS) is 12.9. The van der Waals surface area contributed by atoms with E-state index in [1.54, 1.807) is 20.8 Å². The van der Waals surface area contributed by atoms with Gasteiger partial charge in [0.1, 0.15) is 0 Å². The molecule has 2 rings (SSSR count). The van der Waals surface area contributed by atoms with Gasteiger partial charge in [-0.2, -0.15) is 18.3 Å². The van der Waals surface area contributed by atoms with Crippen molar-refractivity contribution in [2.75, 3.05) is 0 Å². The lowest BCUT2D eigenvalue weighted by Gasteiger charge is -2.18. The first-order valence-electron chi connectivity index (χ1n) is 5.70. The van der Waals surface area contributed by atoms with Crippen LogP contribution in [-0.4, -0.2) is 16.0 Å². The number of hydrogen-bond acceptors (Lipinski definition) is 2. The Hall–Kier alpha value is -1.85. The summed E-state index contributed by atoms with van der Waals surface area (Å²) in [6.45, 7) is 5.01. The van der Waals surface area contributed by atoms with Gasteiger partial charge in [-0.05, 0) is 12.1 Å². The molecule has 0 unspecified atom stereocenters. The van der Waals surface area contributed by atoms with Crippen LogP contribution in [0, 0.1) is 5.41 Å². The fraction of sp³-hybridized carbons (Fsp3) is 0.385. The number of hydrogen-bond donors (Lipinski definition) is 1. The predicted octanol–water partition coefficient (Wildman–Crippen LogP) is 3.81. The molecule has 0 amide bonds. The molecule has 19 heavy (non-hydrogen) atoms. The summed E-state index contributed by atoms with van der Waals surface area (Å²) in [5.41, 5.74) is -1.65. The van der Waals surface area contributed by atoms with Crippen molar-refractivity contribution in [1.82, 2.24) is 10.2 Å². The SMILES string of the molecule is CC(C)(C)C(=O)c1cc(C(F)(F)F)c2[nH]ncc2c1. The molecule has 0 aliphatic heterocycles. The zero-order valence-electron chi connectivity index (χ0n) is 10.7. The van der Waals surface area contributed by atoms with E-state index < -0.39 is 17.2 Å². The Morgan fingerprint density at radius 2 is 1.84 bits per heavy atom. The molecule has 3 nitrogen and oxygen atoms in total. The first kappa shape index (κ1) is 13.6. The number of rotatable bonds is 1. The van der Waals surface area contributed by atoms with Crippen molar-refractivity contribution in [3.05, 3.63) is 29.5 Å². The number of alkyl halides is 3. The van der Waals surface area contributed by atoms with E-state index in [0.717, 1.165) is 6.07 Å². The number of nitrogens with one attached hydrogen (secondary N) is 1. The molecule has 6 heteroatoms. The molecule has 1 aromatic carbocycles. The van der Waals surface area contributed by atoms with Crippen LogP contribution < -0.4 is 0 Å². The number of carbonyl (C=O) groups excluding carboxylic acids is 1. The molecule has 0 aliphatic carbocycles. The van der Waals surface area contributed by atoms with Gasteiger partial charge in [0.15, 0.2) is 5.78 Å². The number of fused-ring (bicyclic) bond motifs is 1. The fourth-order valence-corrected chi connectivity index (χ4v) is 1.85. The highest BCUT2D eigenvalue weighted by atomic mass is 19.4. The average Bonchev–Trinajstić information content (AvgIpc) is 2.71. The average molecular weight is 270 g/mol.